The molecule has 1 amide bonds. The second-order valence-corrected chi connectivity index (χ2v) is 7.46. The van der Waals surface area contributed by atoms with Crippen molar-refractivity contribution in [3.63, 3.8) is 0 Å². The Labute approximate surface area is 155 Å². The van der Waals surface area contributed by atoms with Crippen LogP contribution in [0.3, 0.4) is 0 Å². The van der Waals surface area contributed by atoms with E-state index in [1.54, 1.807) is 19.1 Å². The summed E-state index contributed by atoms with van der Waals surface area (Å²) in [5.74, 6) is 0.449. The van der Waals surface area contributed by atoms with E-state index in [0.717, 1.165) is 25.9 Å². The minimum atomic E-state index is -3.60. The first kappa shape index (κ1) is 21.7. The number of hydrogen-bond acceptors (Lipinski definition) is 5. The van der Waals surface area contributed by atoms with Crippen LogP contribution in [0, 0.1) is 0 Å². The first-order valence-electron chi connectivity index (χ1n) is 8.13. The van der Waals surface area contributed by atoms with E-state index in [1.807, 2.05) is 0 Å². The van der Waals surface area contributed by atoms with E-state index < -0.39 is 10.0 Å². The number of ether oxygens (including phenoxy) is 1. The maximum absolute atomic E-state index is 12.6. The SMILES string of the molecule is CCC(=O)NCc1cc(S(=O)(=O)NC2CCNCC2)ccc1OC.Cl. The molecule has 0 saturated carbocycles. The molecule has 9 heteroatoms. The number of amides is 1. The van der Waals surface area contributed by atoms with Gasteiger partial charge in [0.05, 0.1) is 12.0 Å². The van der Waals surface area contributed by atoms with E-state index in [-0.39, 0.29) is 35.8 Å². The van der Waals surface area contributed by atoms with Crippen LogP contribution in [0.15, 0.2) is 23.1 Å². The van der Waals surface area contributed by atoms with Crippen LogP contribution in [0.25, 0.3) is 0 Å². The van der Waals surface area contributed by atoms with Crippen molar-refractivity contribution in [3.05, 3.63) is 23.8 Å². The maximum Gasteiger partial charge on any atom is 0.240 e. The first-order valence-corrected chi connectivity index (χ1v) is 9.61. The molecule has 1 aromatic rings. The number of carbonyl (C=O) groups is 1. The Bertz CT molecular complexity index is 676. The number of benzene rings is 1. The van der Waals surface area contributed by atoms with Crippen molar-refractivity contribution >= 4 is 28.3 Å². The Balaban J connectivity index is 0.00000312. The molecule has 0 spiro atoms. The Kier molecular flexibility index (Phi) is 8.64. The molecule has 3 N–H and O–H groups in total. The molecule has 7 nitrogen and oxygen atoms in total. The third-order valence-electron chi connectivity index (χ3n) is 4.02. The van der Waals surface area contributed by atoms with Crippen molar-refractivity contribution in [1.29, 1.82) is 0 Å². The largest absolute Gasteiger partial charge is 0.496 e. The average molecular weight is 392 g/mol. The smallest absolute Gasteiger partial charge is 0.240 e. The van der Waals surface area contributed by atoms with Crippen molar-refractivity contribution in [2.24, 2.45) is 0 Å². The van der Waals surface area contributed by atoms with Gasteiger partial charge in [0.15, 0.2) is 0 Å². The van der Waals surface area contributed by atoms with Gasteiger partial charge in [0.1, 0.15) is 5.75 Å². The molecule has 2 rings (SSSR count). The van der Waals surface area contributed by atoms with Gasteiger partial charge in [-0.3, -0.25) is 4.79 Å². The Morgan fingerprint density at radius 2 is 2.00 bits per heavy atom. The zero-order valence-electron chi connectivity index (χ0n) is 14.5. The van der Waals surface area contributed by atoms with Gasteiger partial charge in [0.2, 0.25) is 15.9 Å². The summed E-state index contributed by atoms with van der Waals surface area (Å²) in [6, 6.07) is 4.64. The number of piperidine rings is 1. The molecule has 25 heavy (non-hydrogen) atoms. The van der Waals surface area contributed by atoms with E-state index in [9.17, 15) is 13.2 Å². The second-order valence-electron chi connectivity index (χ2n) is 5.75. The molecule has 142 valence electrons. The van der Waals surface area contributed by atoms with Gasteiger partial charge in [-0.05, 0) is 44.1 Å². The number of halogens is 1. The fourth-order valence-electron chi connectivity index (χ4n) is 2.61. The predicted molar refractivity (Wildman–Crippen MR) is 98.6 cm³/mol. The normalized spacial score (nSPS) is 15.3. The molecular formula is C16H26ClN3O4S. The van der Waals surface area contributed by atoms with Crippen LogP contribution in [-0.2, 0) is 21.4 Å². The van der Waals surface area contributed by atoms with Gasteiger partial charge in [-0.2, -0.15) is 0 Å². The van der Waals surface area contributed by atoms with Crippen LogP contribution in [-0.4, -0.2) is 40.6 Å². The molecule has 0 aromatic heterocycles. The molecule has 1 aliphatic rings. The van der Waals surface area contributed by atoms with Crippen LogP contribution in [0.1, 0.15) is 31.7 Å². The molecule has 1 fully saturated rings. The quantitative estimate of drug-likeness (QED) is 0.648. The van der Waals surface area contributed by atoms with Gasteiger partial charge < -0.3 is 15.4 Å². The Hall–Kier alpha value is -1.35. The number of rotatable bonds is 7. The topological polar surface area (TPSA) is 96.5 Å². The van der Waals surface area contributed by atoms with Crippen molar-refractivity contribution < 1.29 is 17.9 Å². The van der Waals surface area contributed by atoms with Crippen LogP contribution in [0.2, 0.25) is 0 Å². The van der Waals surface area contributed by atoms with Crippen molar-refractivity contribution in [2.45, 2.75) is 43.7 Å². The molecule has 1 heterocycles. The lowest BCUT2D eigenvalue weighted by atomic mass is 10.1. The molecular weight excluding hydrogens is 366 g/mol. The number of sulfonamides is 1. The molecule has 1 aliphatic heterocycles. The van der Waals surface area contributed by atoms with Crippen LogP contribution in [0.4, 0.5) is 0 Å². The average Bonchev–Trinajstić information content (AvgIpc) is 2.59. The zero-order chi connectivity index (χ0) is 17.6. The molecule has 0 unspecified atom stereocenters. The minimum Gasteiger partial charge on any atom is -0.496 e. The van der Waals surface area contributed by atoms with E-state index in [4.69, 9.17) is 4.74 Å². The lowest BCUT2D eigenvalue weighted by Crippen LogP contribution is -2.42. The summed E-state index contributed by atoms with van der Waals surface area (Å²) in [7, 11) is -2.08. The highest BCUT2D eigenvalue weighted by Gasteiger charge is 2.22. The second kappa shape index (κ2) is 9.96. The highest BCUT2D eigenvalue weighted by Crippen LogP contribution is 2.23. The van der Waals surface area contributed by atoms with Crippen molar-refractivity contribution in [1.82, 2.24) is 15.4 Å². The summed E-state index contributed by atoms with van der Waals surface area (Å²) < 4.78 is 33.2. The number of methoxy groups -OCH3 is 1. The zero-order valence-corrected chi connectivity index (χ0v) is 16.1. The molecule has 1 aromatic carbocycles. The fourth-order valence-corrected chi connectivity index (χ4v) is 3.96. The van der Waals surface area contributed by atoms with E-state index in [1.165, 1.54) is 13.2 Å². The summed E-state index contributed by atoms with van der Waals surface area (Å²) in [4.78, 5) is 11.6. The van der Waals surface area contributed by atoms with E-state index in [0.29, 0.717) is 17.7 Å². The van der Waals surface area contributed by atoms with Gasteiger partial charge >= 0.3 is 0 Å². The van der Waals surface area contributed by atoms with Crippen molar-refractivity contribution in [2.75, 3.05) is 20.2 Å². The molecule has 0 atom stereocenters. The molecule has 0 radical (unpaired) electrons. The van der Waals surface area contributed by atoms with Crippen LogP contribution >= 0.6 is 12.4 Å². The first-order chi connectivity index (χ1) is 11.5. The number of carbonyl (C=O) groups excluding carboxylic acids is 1. The standard InChI is InChI=1S/C16H25N3O4S.ClH/c1-3-16(20)18-11-12-10-14(4-5-15(12)23-2)24(21,22)19-13-6-8-17-9-7-13;/h4-5,10,13,17,19H,3,6-9,11H2,1-2H3,(H,18,20);1H. The van der Waals surface area contributed by atoms with Gasteiger partial charge in [-0.25, -0.2) is 13.1 Å². The van der Waals surface area contributed by atoms with Gasteiger partial charge in [-0.15, -0.1) is 12.4 Å². The summed E-state index contributed by atoms with van der Waals surface area (Å²) >= 11 is 0. The monoisotopic (exact) mass is 391 g/mol. The van der Waals surface area contributed by atoms with Gasteiger partial charge in [0.25, 0.3) is 0 Å². The van der Waals surface area contributed by atoms with Crippen molar-refractivity contribution in [3.8, 4) is 5.75 Å². The molecule has 0 bridgehead atoms. The predicted octanol–water partition coefficient (Wildman–Crippen LogP) is 1.17. The lowest BCUT2D eigenvalue weighted by Gasteiger charge is -2.23. The summed E-state index contributed by atoms with van der Waals surface area (Å²) in [6.07, 6.45) is 1.92. The summed E-state index contributed by atoms with van der Waals surface area (Å²) in [5, 5.41) is 5.95. The van der Waals surface area contributed by atoms with Gasteiger partial charge in [-0.1, -0.05) is 6.92 Å². The third kappa shape index (κ3) is 6.14. The third-order valence-corrected chi connectivity index (χ3v) is 5.54. The summed E-state index contributed by atoms with van der Waals surface area (Å²) in [5.41, 5.74) is 0.632. The minimum absolute atomic E-state index is 0. The van der Waals surface area contributed by atoms with Crippen LogP contribution in [0.5, 0.6) is 5.75 Å². The maximum atomic E-state index is 12.6. The molecule has 0 aliphatic carbocycles. The van der Waals surface area contributed by atoms with E-state index >= 15 is 0 Å². The highest BCUT2D eigenvalue weighted by atomic mass is 35.5. The highest BCUT2D eigenvalue weighted by molar-refractivity contribution is 7.89. The Morgan fingerprint density at radius 1 is 1.32 bits per heavy atom. The fraction of sp³-hybridized carbons (Fsp3) is 0.562. The van der Waals surface area contributed by atoms with Gasteiger partial charge in [0, 0.05) is 24.6 Å². The number of hydrogen-bond donors (Lipinski definition) is 3. The lowest BCUT2D eigenvalue weighted by molar-refractivity contribution is -0.120. The number of nitrogens with one attached hydrogen (secondary N) is 3. The molecule has 1 saturated heterocycles. The Morgan fingerprint density at radius 3 is 2.60 bits per heavy atom. The summed E-state index contributed by atoms with van der Waals surface area (Å²) in [6.45, 7) is 3.61. The van der Waals surface area contributed by atoms with Crippen LogP contribution < -0.4 is 20.1 Å². The van der Waals surface area contributed by atoms with E-state index in [2.05, 4.69) is 15.4 Å².